The molecule has 1 aliphatic rings. The molecule has 0 unspecified atom stereocenters. The van der Waals surface area contributed by atoms with Gasteiger partial charge in [-0.3, -0.25) is 4.79 Å². The highest BCUT2D eigenvalue weighted by molar-refractivity contribution is 6.03. The maximum absolute atomic E-state index is 12.6. The molecule has 1 N–H and O–H groups in total. The highest BCUT2D eigenvalue weighted by Gasteiger charge is 2.16. The van der Waals surface area contributed by atoms with Crippen molar-refractivity contribution in [2.75, 3.05) is 23.3 Å². The SMILES string of the molecule is CC1CCN(c2cccc(/C=C/C(=O)Nc3cc(-c4ccccc4)ccc3C#N)c2)CC1. The van der Waals surface area contributed by atoms with Crippen molar-refractivity contribution in [2.45, 2.75) is 19.8 Å². The third-order valence-electron chi connectivity index (χ3n) is 5.95. The predicted molar refractivity (Wildman–Crippen MR) is 131 cm³/mol. The zero-order valence-corrected chi connectivity index (χ0v) is 18.3. The Kier molecular flexibility index (Phi) is 6.67. The largest absolute Gasteiger partial charge is 0.371 e. The molecule has 1 aliphatic heterocycles. The van der Waals surface area contributed by atoms with Gasteiger partial charge in [0, 0.05) is 24.9 Å². The number of hydrogen-bond acceptors (Lipinski definition) is 3. The molecule has 0 bridgehead atoms. The molecule has 1 heterocycles. The summed E-state index contributed by atoms with van der Waals surface area (Å²) in [5.41, 5.74) is 5.11. The Hall–Kier alpha value is -3.84. The minimum absolute atomic E-state index is 0.260. The topological polar surface area (TPSA) is 56.1 Å². The van der Waals surface area contributed by atoms with E-state index in [2.05, 4.69) is 35.3 Å². The molecule has 0 saturated carbocycles. The summed E-state index contributed by atoms with van der Waals surface area (Å²) < 4.78 is 0. The average molecular weight is 422 g/mol. The van der Waals surface area contributed by atoms with Crippen LogP contribution >= 0.6 is 0 Å². The van der Waals surface area contributed by atoms with E-state index in [1.807, 2.05) is 60.7 Å². The quantitative estimate of drug-likeness (QED) is 0.505. The predicted octanol–water partition coefficient (Wildman–Crippen LogP) is 6.11. The third kappa shape index (κ3) is 5.25. The van der Waals surface area contributed by atoms with E-state index in [9.17, 15) is 10.1 Å². The van der Waals surface area contributed by atoms with Crippen LogP contribution in [-0.2, 0) is 4.79 Å². The van der Waals surface area contributed by atoms with Crippen molar-refractivity contribution in [3.05, 3.63) is 90.0 Å². The van der Waals surface area contributed by atoms with Gasteiger partial charge in [0.1, 0.15) is 6.07 Å². The first kappa shape index (κ1) is 21.4. The molecule has 0 aromatic heterocycles. The molecule has 0 radical (unpaired) electrons. The van der Waals surface area contributed by atoms with Gasteiger partial charge in [-0.1, -0.05) is 55.5 Å². The molecule has 4 nitrogen and oxygen atoms in total. The minimum atomic E-state index is -0.260. The van der Waals surface area contributed by atoms with Gasteiger partial charge in [-0.25, -0.2) is 0 Å². The molecule has 3 aromatic carbocycles. The molecular formula is C28H27N3O. The van der Waals surface area contributed by atoms with Crippen LogP contribution in [0.25, 0.3) is 17.2 Å². The van der Waals surface area contributed by atoms with Crippen LogP contribution in [0, 0.1) is 17.2 Å². The van der Waals surface area contributed by atoms with Gasteiger partial charge in [-0.2, -0.15) is 5.26 Å². The lowest BCUT2D eigenvalue weighted by molar-refractivity contribution is -0.111. The summed E-state index contributed by atoms with van der Waals surface area (Å²) >= 11 is 0. The third-order valence-corrected chi connectivity index (χ3v) is 5.95. The van der Waals surface area contributed by atoms with Gasteiger partial charge >= 0.3 is 0 Å². The Morgan fingerprint density at radius 3 is 2.53 bits per heavy atom. The Labute approximate surface area is 189 Å². The molecule has 4 rings (SSSR count). The number of hydrogen-bond donors (Lipinski definition) is 1. The van der Waals surface area contributed by atoms with Crippen LogP contribution < -0.4 is 10.2 Å². The number of piperidine rings is 1. The molecule has 3 aromatic rings. The van der Waals surface area contributed by atoms with Crippen LogP contribution in [0.3, 0.4) is 0 Å². The van der Waals surface area contributed by atoms with Gasteiger partial charge in [0.15, 0.2) is 0 Å². The number of carbonyl (C=O) groups is 1. The van der Waals surface area contributed by atoms with Gasteiger partial charge in [-0.05, 0) is 65.8 Å². The lowest BCUT2D eigenvalue weighted by Crippen LogP contribution is -2.32. The second-order valence-electron chi connectivity index (χ2n) is 8.33. The number of nitriles is 1. The van der Waals surface area contributed by atoms with Crippen LogP contribution in [0.15, 0.2) is 78.9 Å². The fourth-order valence-electron chi connectivity index (χ4n) is 3.99. The lowest BCUT2D eigenvalue weighted by atomic mass is 9.98. The summed E-state index contributed by atoms with van der Waals surface area (Å²) in [6.45, 7) is 4.45. The number of anilines is 2. The Morgan fingerprint density at radius 1 is 1.00 bits per heavy atom. The maximum Gasteiger partial charge on any atom is 0.248 e. The summed E-state index contributed by atoms with van der Waals surface area (Å²) in [5, 5.41) is 12.3. The highest BCUT2D eigenvalue weighted by Crippen LogP contribution is 2.26. The van der Waals surface area contributed by atoms with Crippen molar-refractivity contribution in [3.63, 3.8) is 0 Å². The van der Waals surface area contributed by atoms with E-state index in [0.29, 0.717) is 11.3 Å². The molecule has 160 valence electrons. The highest BCUT2D eigenvalue weighted by atomic mass is 16.1. The molecular weight excluding hydrogens is 394 g/mol. The first-order valence-corrected chi connectivity index (χ1v) is 11.1. The van der Waals surface area contributed by atoms with E-state index in [0.717, 1.165) is 35.7 Å². The fraction of sp³-hybridized carbons (Fsp3) is 0.214. The van der Waals surface area contributed by atoms with Gasteiger partial charge in [0.2, 0.25) is 5.91 Å². The molecule has 1 amide bonds. The maximum atomic E-state index is 12.6. The Bertz CT molecular complexity index is 1150. The summed E-state index contributed by atoms with van der Waals surface area (Å²) in [4.78, 5) is 15.0. The molecule has 0 spiro atoms. The van der Waals surface area contributed by atoms with E-state index in [4.69, 9.17) is 0 Å². The zero-order valence-electron chi connectivity index (χ0n) is 18.3. The van der Waals surface area contributed by atoms with Crippen molar-refractivity contribution < 1.29 is 4.79 Å². The van der Waals surface area contributed by atoms with E-state index in [1.54, 1.807) is 6.07 Å². The minimum Gasteiger partial charge on any atom is -0.371 e. The molecule has 32 heavy (non-hydrogen) atoms. The normalized spacial score (nSPS) is 14.3. The average Bonchev–Trinajstić information content (AvgIpc) is 2.84. The van der Waals surface area contributed by atoms with Crippen molar-refractivity contribution in [1.29, 1.82) is 5.26 Å². The van der Waals surface area contributed by atoms with Gasteiger partial charge < -0.3 is 10.2 Å². The standard InChI is InChI=1S/C28H27N3O/c1-21-14-16-31(17-15-21)26-9-5-6-22(18-26)10-13-28(32)30-27-19-24(11-12-25(27)20-29)23-7-3-2-4-8-23/h2-13,18-19,21H,14-17H2,1H3,(H,30,32)/b13-10+. The summed E-state index contributed by atoms with van der Waals surface area (Å²) in [6, 6.07) is 25.8. The van der Waals surface area contributed by atoms with E-state index >= 15 is 0 Å². The van der Waals surface area contributed by atoms with Gasteiger partial charge in [0.25, 0.3) is 0 Å². The van der Waals surface area contributed by atoms with Crippen LogP contribution in [0.4, 0.5) is 11.4 Å². The zero-order chi connectivity index (χ0) is 22.3. The number of amides is 1. The van der Waals surface area contributed by atoms with E-state index in [-0.39, 0.29) is 5.91 Å². The number of nitrogens with zero attached hydrogens (tertiary/aromatic N) is 2. The van der Waals surface area contributed by atoms with Crippen molar-refractivity contribution in [3.8, 4) is 17.2 Å². The second kappa shape index (κ2) is 9.98. The molecule has 1 saturated heterocycles. The summed E-state index contributed by atoms with van der Waals surface area (Å²) in [6.07, 6.45) is 5.77. The van der Waals surface area contributed by atoms with E-state index in [1.165, 1.54) is 24.6 Å². The van der Waals surface area contributed by atoms with Gasteiger partial charge in [-0.15, -0.1) is 0 Å². The number of carbonyl (C=O) groups excluding carboxylic acids is 1. The van der Waals surface area contributed by atoms with Crippen LogP contribution in [-0.4, -0.2) is 19.0 Å². The molecule has 4 heteroatoms. The summed E-state index contributed by atoms with van der Waals surface area (Å²) in [5.74, 6) is 0.528. The van der Waals surface area contributed by atoms with Crippen LogP contribution in [0.2, 0.25) is 0 Å². The lowest BCUT2D eigenvalue weighted by Gasteiger charge is -2.32. The van der Waals surface area contributed by atoms with Crippen LogP contribution in [0.5, 0.6) is 0 Å². The van der Waals surface area contributed by atoms with Crippen molar-refractivity contribution in [1.82, 2.24) is 0 Å². The monoisotopic (exact) mass is 421 g/mol. The first-order chi connectivity index (χ1) is 15.6. The molecule has 0 atom stereocenters. The first-order valence-electron chi connectivity index (χ1n) is 11.1. The van der Waals surface area contributed by atoms with Gasteiger partial charge in [0.05, 0.1) is 11.3 Å². The van der Waals surface area contributed by atoms with Crippen molar-refractivity contribution >= 4 is 23.4 Å². The molecule has 0 aliphatic carbocycles. The second-order valence-corrected chi connectivity index (χ2v) is 8.33. The smallest absolute Gasteiger partial charge is 0.248 e. The Morgan fingerprint density at radius 2 is 1.78 bits per heavy atom. The summed E-state index contributed by atoms with van der Waals surface area (Å²) in [7, 11) is 0. The number of rotatable bonds is 5. The van der Waals surface area contributed by atoms with E-state index < -0.39 is 0 Å². The Balaban J connectivity index is 1.47. The van der Waals surface area contributed by atoms with Crippen LogP contribution in [0.1, 0.15) is 30.9 Å². The van der Waals surface area contributed by atoms with Crippen molar-refractivity contribution in [2.24, 2.45) is 5.92 Å². The fourth-order valence-corrected chi connectivity index (χ4v) is 3.99. The number of benzene rings is 3. The number of nitrogens with one attached hydrogen (secondary N) is 1. The molecule has 1 fully saturated rings.